The maximum absolute atomic E-state index is 12.5. The second-order valence-electron chi connectivity index (χ2n) is 6.96. The van der Waals surface area contributed by atoms with Crippen LogP contribution in [0.3, 0.4) is 0 Å². The summed E-state index contributed by atoms with van der Waals surface area (Å²) in [6.07, 6.45) is 3.03. The van der Waals surface area contributed by atoms with E-state index in [1.165, 1.54) is 0 Å². The molecule has 0 spiro atoms. The number of carbonyl (C=O) groups excluding carboxylic acids is 2. The molecule has 2 amide bonds. The van der Waals surface area contributed by atoms with Gasteiger partial charge in [0.2, 0.25) is 18.6 Å². The summed E-state index contributed by atoms with van der Waals surface area (Å²) in [4.78, 5) is 26.7. The van der Waals surface area contributed by atoms with E-state index in [1.54, 1.807) is 24.5 Å². The minimum absolute atomic E-state index is 0.000728. The van der Waals surface area contributed by atoms with E-state index in [0.29, 0.717) is 43.4 Å². The summed E-state index contributed by atoms with van der Waals surface area (Å²) >= 11 is 0. The predicted molar refractivity (Wildman–Crippen MR) is 101 cm³/mol. The smallest absolute Gasteiger partial charge is 0.234 e. The van der Waals surface area contributed by atoms with E-state index in [-0.39, 0.29) is 24.5 Å². The van der Waals surface area contributed by atoms with Crippen molar-refractivity contribution in [2.45, 2.75) is 19.4 Å². The lowest BCUT2D eigenvalue weighted by Gasteiger charge is -2.30. The minimum atomic E-state index is -0.0622. The molecule has 1 saturated heterocycles. The number of carbonyl (C=O) groups is 2. The third-order valence-electron chi connectivity index (χ3n) is 5.01. The van der Waals surface area contributed by atoms with Crippen molar-refractivity contribution >= 4 is 17.5 Å². The number of nitrogens with zero attached hydrogens (tertiary/aromatic N) is 1. The number of anilines is 1. The van der Waals surface area contributed by atoms with Gasteiger partial charge in [-0.15, -0.1) is 0 Å². The van der Waals surface area contributed by atoms with Crippen LogP contribution in [0.1, 0.15) is 18.6 Å². The molecule has 4 rings (SSSR count). The molecule has 0 unspecified atom stereocenters. The molecule has 1 aromatic heterocycles. The van der Waals surface area contributed by atoms with Gasteiger partial charge in [-0.1, -0.05) is 0 Å². The molecule has 1 fully saturated rings. The van der Waals surface area contributed by atoms with Crippen molar-refractivity contribution in [3.05, 3.63) is 42.4 Å². The van der Waals surface area contributed by atoms with Crippen molar-refractivity contribution in [1.82, 2.24) is 10.2 Å². The van der Waals surface area contributed by atoms with Crippen LogP contribution in [0.2, 0.25) is 0 Å². The van der Waals surface area contributed by atoms with Crippen LogP contribution >= 0.6 is 0 Å². The number of piperidine rings is 1. The van der Waals surface area contributed by atoms with Crippen LogP contribution in [0.5, 0.6) is 11.5 Å². The van der Waals surface area contributed by atoms with Gasteiger partial charge in [0.1, 0.15) is 5.76 Å². The van der Waals surface area contributed by atoms with Crippen molar-refractivity contribution in [3.8, 4) is 11.5 Å². The first-order valence-electron chi connectivity index (χ1n) is 9.39. The highest BCUT2D eigenvalue weighted by atomic mass is 16.7. The normalized spacial score (nSPS) is 16.7. The Hall–Kier alpha value is -3.00. The van der Waals surface area contributed by atoms with Crippen LogP contribution < -0.4 is 20.1 Å². The molecule has 0 bridgehead atoms. The first kappa shape index (κ1) is 18.4. The SMILES string of the molecule is O=C(CN1CCC(C(=O)Nc2ccc3c(c2)OCO3)CC1)NCc1ccco1. The highest BCUT2D eigenvalue weighted by Gasteiger charge is 2.26. The second-order valence-corrected chi connectivity index (χ2v) is 6.96. The topological polar surface area (TPSA) is 93.0 Å². The van der Waals surface area contributed by atoms with Crippen molar-refractivity contribution in [2.24, 2.45) is 5.92 Å². The summed E-state index contributed by atoms with van der Waals surface area (Å²) < 4.78 is 15.8. The van der Waals surface area contributed by atoms with Crippen molar-refractivity contribution < 1.29 is 23.5 Å². The van der Waals surface area contributed by atoms with Gasteiger partial charge in [0.15, 0.2) is 11.5 Å². The molecule has 0 radical (unpaired) electrons. The Morgan fingerprint density at radius 1 is 1.11 bits per heavy atom. The van der Waals surface area contributed by atoms with Crippen molar-refractivity contribution in [1.29, 1.82) is 0 Å². The Bertz CT molecular complexity index is 828. The lowest BCUT2D eigenvalue weighted by molar-refractivity contribution is -0.123. The van der Waals surface area contributed by atoms with Crippen LogP contribution in [0.4, 0.5) is 5.69 Å². The molecule has 2 N–H and O–H groups in total. The van der Waals surface area contributed by atoms with Gasteiger partial charge in [-0.05, 0) is 50.2 Å². The van der Waals surface area contributed by atoms with E-state index >= 15 is 0 Å². The molecule has 1 aromatic carbocycles. The number of nitrogens with one attached hydrogen (secondary N) is 2. The molecule has 2 aliphatic rings. The summed E-state index contributed by atoms with van der Waals surface area (Å²) in [6.45, 7) is 2.36. The molecule has 8 nitrogen and oxygen atoms in total. The van der Waals surface area contributed by atoms with E-state index in [9.17, 15) is 9.59 Å². The number of likely N-dealkylation sites (tertiary alicyclic amines) is 1. The maximum atomic E-state index is 12.5. The zero-order valence-corrected chi connectivity index (χ0v) is 15.5. The standard InChI is InChI=1S/C20H23N3O5/c24-19(21-11-16-2-1-9-26-16)12-23-7-5-14(6-8-23)20(25)22-15-3-4-17-18(10-15)28-13-27-17/h1-4,9-10,14H,5-8,11-13H2,(H,21,24)(H,22,25). The van der Waals surface area contributed by atoms with Gasteiger partial charge in [-0.3, -0.25) is 14.5 Å². The van der Waals surface area contributed by atoms with E-state index in [2.05, 4.69) is 15.5 Å². The van der Waals surface area contributed by atoms with Crippen LogP contribution in [-0.2, 0) is 16.1 Å². The highest BCUT2D eigenvalue weighted by molar-refractivity contribution is 5.93. The number of fused-ring (bicyclic) bond motifs is 1. The summed E-state index contributed by atoms with van der Waals surface area (Å²) in [7, 11) is 0. The summed E-state index contributed by atoms with van der Waals surface area (Å²) in [5.41, 5.74) is 0.703. The van der Waals surface area contributed by atoms with Crippen LogP contribution in [-0.4, -0.2) is 43.1 Å². The molecule has 28 heavy (non-hydrogen) atoms. The molecule has 0 atom stereocenters. The number of benzene rings is 1. The maximum Gasteiger partial charge on any atom is 0.234 e. The molecular weight excluding hydrogens is 362 g/mol. The van der Waals surface area contributed by atoms with Gasteiger partial charge in [0, 0.05) is 17.7 Å². The number of furan rings is 1. The third-order valence-corrected chi connectivity index (χ3v) is 5.01. The van der Waals surface area contributed by atoms with E-state index in [1.807, 2.05) is 12.1 Å². The Labute approximate surface area is 162 Å². The quantitative estimate of drug-likeness (QED) is 0.790. The number of amides is 2. The lowest BCUT2D eigenvalue weighted by Crippen LogP contribution is -2.43. The zero-order chi connectivity index (χ0) is 19.3. The Morgan fingerprint density at radius 3 is 2.71 bits per heavy atom. The molecule has 2 aromatic rings. The summed E-state index contributed by atoms with van der Waals surface area (Å²) in [5.74, 6) is 1.96. The fraction of sp³-hybridized carbons (Fsp3) is 0.400. The molecule has 8 heteroatoms. The first-order valence-corrected chi connectivity index (χ1v) is 9.39. The van der Waals surface area contributed by atoms with Crippen LogP contribution in [0.25, 0.3) is 0 Å². The van der Waals surface area contributed by atoms with Gasteiger partial charge in [0.05, 0.1) is 19.4 Å². The van der Waals surface area contributed by atoms with E-state index in [0.717, 1.165) is 18.6 Å². The molecule has 3 heterocycles. The van der Waals surface area contributed by atoms with Crippen LogP contribution in [0.15, 0.2) is 41.0 Å². The van der Waals surface area contributed by atoms with Gasteiger partial charge < -0.3 is 24.5 Å². The molecule has 148 valence electrons. The third kappa shape index (κ3) is 4.45. The van der Waals surface area contributed by atoms with Crippen molar-refractivity contribution in [2.75, 3.05) is 31.7 Å². The molecular formula is C20H23N3O5. The molecule has 0 saturated carbocycles. The van der Waals surface area contributed by atoms with E-state index in [4.69, 9.17) is 13.9 Å². The van der Waals surface area contributed by atoms with Gasteiger partial charge in [-0.25, -0.2) is 0 Å². The van der Waals surface area contributed by atoms with Gasteiger partial charge in [-0.2, -0.15) is 0 Å². The Morgan fingerprint density at radius 2 is 1.93 bits per heavy atom. The lowest BCUT2D eigenvalue weighted by atomic mass is 9.95. The van der Waals surface area contributed by atoms with Gasteiger partial charge in [0.25, 0.3) is 0 Å². The number of hydrogen-bond donors (Lipinski definition) is 2. The fourth-order valence-electron chi connectivity index (χ4n) is 3.43. The van der Waals surface area contributed by atoms with Gasteiger partial charge >= 0.3 is 0 Å². The number of ether oxygens (including phenoxy) is 2. The Balaban J connectivity index is 1.20. The predicted octanol–water partition coefficient (Wildman–Crippen LogP) is 1.98. The molecule has 0 aliphatic carbocycles. The minimum Gasteiger partial charge on any atom is -0.467 e. The molecule has 2 aliphatic heterocycles. The first-order chi connectivity index (χ1) is 13.7. The average Bonchev–Trinajstić information content (AvgIpc) is 3.38. The fourth-order valence-corrected chi connectivity index (χ4v) is 3.43. The van der Waals surface area contributed by atoms with E-state index < -0.39 is 0 Å². The zero-order valence-electron chi connectivity index (χ0n) is 15.5. The second kappa shape index (κ2) is 8.35. The monoisotopic (exact) mass is 385 g/mol. The summed E-state index contributed by atoms with van der Waals surface area (Å²) in [5, 5.41) is 5.79. The number of hydrogen-bond acceptors (Lipinski definition) is 6. The van der Waals surface area contributed by atoms with Crippen LogP contribution in [0, 0.1) is 5.92 Å². The number of rotatable bonds is 6. The highest BCUT2D eigenvalue weighted by Crippen LogP contribution is 2.34. The largest absolute Gasteiger partial charge is 0.467 e. The summed E-state index contributed by atoms with van der Waals surface area (Å²) in [6, 6.07) is 9.00. The Kier molecular flexibility index (Phi) is 5.48. The average molecular weight is 385 g/mol. The van der Waals surface area contributed by atoms with Crippen molar-refractivity contribution in [3.63, 3.8) is 0 Å².